The minimum Gasteiger partial charge on any atom is -0.378 e. The molecule has 0 aromatic heterocycles. The van der Waals surface area contributed by atoms with Crippen LogP contribution in [-0.2, 0) is 6.42 Å². The SMILES string of the molecule is CN=C(NCCCc1ccc(N(C)C)cc1)N1CCCC1. The molecule has 21 heavy (non-hydrogen) atoms. The van der Waals surface area contributed by atoms with E-state index in [0.29, 0.717) is 0 Å². The fourth-order valence-electron chi connectivity index (χ4n) is 2.71. The lowest BCUT2D eigenvalue weighted by Gasteiger charge is -2.20. The molecule has 0 atom stereocenters. The van der Waals surface area contributed by atoms with Crippen LogP contribution in [0.5, 0.6) is 0 Å². The normalized spacial score (nSPS) is 15.4. The van der Waals surface area contributed by atoms with Gasteiger partial charge in [0.25, 0.3) is 0 Å². The largest absolute Gasteiger partial charge is 0.378 e. The zero-order valence-electron chi connectivity index (χ0n) is 13.6. The highest BCUT2D eigenvalue weighted by atomic mass is 15.3. The highest BCUT2D eigenvalue weighted by molar-refractivity contribution is 5.80. The Kier molecular flexibility index (Phi) is 5.90. The predicted molar refractivity (Wildman–Crippen MR) is 91.3 cm³/mol. The second-order valence-corrected chi connectivity index (χ2v) is 5.83. The second kappa shape index (κ2) is 7.91. The molecule has 0 bridgehead atoms. The van der Waals surface area contributed by atoms with Gasteiger partial charge in [0, 0.05) is 46.5 Å². The Morgan fingerprint density at radius 3 is 2.43 bits per heavy atom. The lowest BCUT2D eigenvalue weighted by molar-refractivity contribution is 0.492. The number of nitrogens with one attached hydrogen (secondary N) is 1. The third-order valence-electron chi connectivity index (χ3n) is 4.00. The minimum atomic E-state index is 0.985. The maximum absolute atomic E-state index is 4.37. The monoisotopic (exact) mass is 288 g/mol. The quantitative estimate of drug-likeness (QED) is 0.512. The van der Waals surface area contributed by atoms with Crippen LogP contribution in [0.1, 0.15) is 24.8 Å². The van der Waals surface area contributed by atoms with Crippen LogP contribution in [0.2, 0.25) is 0 Å². The lowest BCUT2D eigenvalue weighted by atomic mass is 10.1. The molecule has 1 aromatic carbocycles. The van der Waals surface area contributed by atoms with Crippen molar-refractivity contribution in [3.05, 3.63) is 29.8 Å². The molecule has 0 saturated carbocycles. The van der Waals surface area contributed by atoms with E-state index in [0.717, 1.165) is 38.4 Å². The summed E-state index contributed by atoms with van der Waals surface area (Å²) in [4.78, 5) is 8.85. The molecule has 0 aliphatic carbocycles. The molecule has 1 aliphatic rings. The topological polar surface area (TPSA) is 30.9 Å². The summed E-state index contributed by atoms with van der Waals surface area (Å²) in [6.07, 6.45) is 4.82. The van der Waals surface area contributed by atoms with E-state index in [1.807, 2.05) is 7.05 Å². The van der Waals surface area contributed by atoms with Crippen LogP contribution in [0, 0.1) is 0 Å². The molecule has 0 amide bonds. The molecule has 4 heteroatoms. The van der Waals surface area contributed by atoms with E-state index in [1.165, 1.54) is 24.1 Å². The van der Waals surface area contributed by atoms with Gasteiger partial charge >= 0.3 is 0 Å². The molecule has 0 spiro atoms. The van der Waals surface area contributed by atoms with E-state index in [2.05, 4.69) is 58.5 Å². The summed E-state index contributed by atoms with van der Waals surface area (Å²) in [5.74, 6) is 1.07. The number of benzene rings is 1. The summed E-state index contributed by atoms with van der Waals surface area (Å²) in [6.45, 7) is 3.27. The molecule has 2 rings (SSSR count). The first-order chi connectivity index (χ1) is 10.2. The van der Waals surface area contributed by atoms with Gasteiger partial charge in [-0.15, -0.1) is 0 Å². The number of rotatable bonds is 5. The molecular weight excluding hydrogens is 260 g/mol. The smallest absolute Gasteiger partial charge is 0.193 e. The van der Waals surface area contributed by atoms with Gasteiger partial charge in [0.1, 0.15) is 0 Å². The van der Waals surface area contributed by atoms with Crippen molar-refractivity contribution >= 4 is 11.6 Å². The average Bonchev–Trinajstić information content (AvgIpc) is 3.02. The van der Waals surface area contributed by atoms with Crippen LogP contribution in [0.25, 0.3) is 0 Å². The summed E-state index contributed by atoms with van der Waals surface area (Å²) < 4.78 is 0. The van der Waals surface area contributed by atoms with Crippen molar-refractivity contribution in [1.82, 2.24) is 10.2 Å². The molecule has 0 unspecified atom stereocenters. The van der Waals surface area contributed by atoms with Crippen LogP contribution in [0.4, 0.5) is 5.69 Å². The Morgan fingerprint density at radius 1 is 1.19 bits per heavy atom. The van der Waals surface area contributed by atoms with Gasteiger partial charge in [0.05, 0.1) is 0 Å². The van der Waals surface area contributed by atoms with Crippen LogP contribution in [-0.4, -0.2) is 51.6 Å². The first-order valence-corrected chi connectivity index (χ1v) is 7.92. The first kappa shape index (κ1) is 15.7. The van der Waals surface area contributed by atoms with Crippen LogP contribution in [0.15, 0.2) is 29.3 Å². The Hall–Kier alpha value is -1.71. The molecule has 0 radical (unpaired) electrons. The Labute approximate surface area is 128 Å². The fourth-order valence-corrected chi connectivity index (χ4v) is 2.71. The van der Waals surface area contributed by atoms with Gasteiger partial charge in [-0.25, -0.2) is 0 Å². The third-order valence-corrected chi connectivity index (χ3v) is 4.00. The number of aliphatic imine (C=N–C) groups is 1. The molecule has 1 heterocycles. The van der Waals surface area contributed by atoms with Crippen LogP contribution in [0.3, 0.4) is 0 Å². The van der Waals surface area contributed by atoms with Crippen molar-refractivity contribution in [3.8, 4) is 0 Å². The average molecular weight is 288 g/mol. The molecule has 1 N–H and O–H groups in total. The molecular formula is C17H28N4. The van der Waals surface area contributed by atoms with Gasteiger partial charge in [-0.3, -0.25) is 4.99 Å². The van der Waals surface area contributed by atoms with Gasteiger partial charge in [-0.1, -0.05) is 12.1 Å². The number of aryl methyl sites for hydroxylation is 1. The standard InChI is InChI=1S/C17H28N4/c1-18-17(21-13-4-5-14-21)19-12-6-7-15-8-10-16(11-9-15)20(2)3/h8-11H,4-7,12-14H2,1-3H3,(H,18,19). The van der Waals surface area contributed by atoms with E-state index in [-0.39, 0.29) is 0 Å². The fraction of sp³-hybridized carbons (Fsp3) is 0.588. The molecule has 1 saturated heterocycles. The third kappa shape index (κ3) is 4.66. The maximum Gasteiger partial charge on any atom is 0.193 e. The van der Waals surface area contributed by atoms with Gasteiger partial charge < -0.3 is 15.1 Å². The van der Waals surface area contributed by atoms with Crippen molar-refractivity contribution in [3.63, 3.8) is 0 Å². The zero-order valence-corrected chi connectivity index (χ0v) is 13.6. The van der Waals surface area contributed by atoms with Gasteiger partial charge in [0.15, 0.2) is 5.96 Å². The number of anilines is 1. The number of likely N-dealkylation sites (tertiary alicyclic amines) is 1. The minimum absolute atomic E-state index is 0.985. The van der Waals surface area contributed by atoms with Crippen molar-refractivity contribution in [2.75, 3.05) is 45.7 Å². The predicted octanol–water partition coefficient (Wildman–Crippen LogP) is 2.36. The van der Waals surface area contributed by atoms with Crippen molar-refractivity contribution in [2.45, 2.75) is 25.7 Å². The Balaban J connectivity index is 1.71. The van der Waals surface area contributed by atoms with E-state index in [1.54, 1.807) is 0 Å². The number of guanidine groups is 1. The highest BCUT2D eigenvalue weighted by Gasteiger charge is 2.14. The Morgan fingerprint density at radius 2 is 1.86 bits per heavy atom. The molecule has 1 aromatic rings. The summed E-state index contributed by atoms with van der Waals surface area (Å²) in [6, 6.07) is 8.83. The summed E-state index contributed by atoms with van der Waals surface area (Å²) >= 11 is 0. The van der Waals surface area contributed by atoms with Crippen molar-refractivity contribution < 1.29 is 0 Å². The van der Waals surface area contributed by atoms with Gasteiger partial charge in [-0.2, -0.15) is 0 Å². The number of nitrogens with zero attached hydrogens (tertiary/aromatic N) is 3. The molecule has 1 fully saturated rings. The number of hydrogen-bond donors (Lipinski definition) is 1. The molecule has 116 valence electrons. The van der Waals surface area contributed by atoms with Crippen LogP contribution >= 0.6 is 0 Å². The van der Waals surface area contributed by atoms with Crippen molar-refractivity contribution in [2.24, 2.45) is 4.99 Å². The second-order valence-electron chi connectivity index (χ2n) is 5.83. The van der Waals surface area contributed by atoms with E-state index in [9.17, 15) is 0 Å². The van der Waals surface area contributed by atoms with E-state index in [4.69, 9.17) is 0 Å². The highest BCUT2D eigenvalue weighted by Crippen LogP contribution is 2.13. The van der Waals surface area contributed by atoms with Crippen LogP contribution < -0.4 is 10.2 Å². The first-order valence-electron chi connectivity index (χ1n) is 7.92. The van der Waals surface area contributed by atoms with Crippen molar-refractivity contribution in [1.29, 1.82) is 0 Å². The van der Waals surface area contributed by atoms with E-state index < -0.39 is 0 Å². The van der Waals surface area contributed by atoms with E-state index >= 15 is 0 Å². The maximum atomic E-state index is 4.37. The zero-order chi connectivity index (χ0) is 15.1. The number of hydrogen-bond acceptors (Lipinski definition) is 2. The lowest BCUT2D eigenvalue weighted by Crippen LogP contribution is -2.40. The summed E-state index contributed by atoms with van der Waals surface area (Å²) in [5.41, 5.74) is 2.66. The summed E-state index contributed by atoms with van der Waals surface area (Å²) in [7, 11) is 6.02. The Bertz CT molecular complexity index is 444. The van der Waals surface area contributed by atoms with Gasteiger partial charge in [-0.05, 0) is 43.4 Å². The molecule has 4 nitrogen and oxygen atoms in total. The van der Waals surface area contributed by atoms with Gasteiger partial charge in [0.2, 0.25) is 0 Å². The molecule has 1 aliphatic heterocycles. The summed E-state index contributed by atoms with van der Waals surface area (Å²) in [5, 5.41) is 3.48.